The topological polar surface area (TPSA) is 116 Å². The molecule has 108 valence electrons. The van der Waals surface area contributed by atoms with Crippen molar-refractivity contribution in [2.45, 2.75) is 20.4 Å². The summed E-state index contributed by atoms with van der Waals surface area (Å²) in [5.74, 6) is -0.0721. The number of primary amides is 1. The van der Waals surface area contributed by atoms with Crippen molar-refractivity contribution in [2.75, 3.05) is 18.4 Å². The second-order valence-corrected chi connectivity index (χ2v) is 5.30. The van der Waals surface area contributed by atoms with Crippen LogP contribution in [0.4, 0.5) is 5.95 Å². The van der Waals surface area contributed by atoms with Gasteiger partial charge in [0.25, 0.3) is 11.5 Å². The monoisotopic (exact) mass is 295 g/mol. The number of carbonyl (C=O) groups is 1. The summed E-state index contributed by atoms with van der Waals surface area (Å²) in [4.78, 5) is 29.2. The Balaban J connectivity index is 2.73. The highest BCUT2D eigenvalue weighted by Gasteiger charge is 2.19. The van der Waals surface area contributed by atoms with E-state index in [9.17, 15) is 9.59 Å². The number of hydrogen-bond acceptors (Lipinski definition) is 6. The Hall–Kier alpha value is -1.93. The minimum absolute atomic E-state index is 0.168. The van der Waals surface area contributed by atoms with E-state index < -0.39 is 5.91 Å². The van der Waals surface area contributed by atoms with Crippen molar-refractivity contribution < 1.29 is 4.79 Å². The number of hydrogen-bond donors (Lipinski definition) is 3. The van der Waals surface area contributed by atoms with E-state index in [0.29, 0.717) is 46.2 Å². The van der Waals surface area contributed by atoms with Gasteiger partial charge in [-0.15, -0.1) is 11.3 Å². The summed E-state index contributed by atoms with van der Waals surface area (Å²) < 4.78 is 1.53. The zero-order chi connectivity index (χ0) is 14.9. The summed E-state index contributed by atoms with van der Waals surface area (Å²) in [7, 11) is 0. The van der Waals surface area contributed by atoms with Gasteiger partial charge in [0, 0.05) is 19.6 Å². The fraction of sp³-hybridized carbons (Fsp3) is 0.417. The first-order chi connectivity index (χ1) is 9.51. The number of carbonyl (C=O) groups excluding carboxylic acids is 1. The molecule has 0 aliphatic carbocycles. The molecule has 0 aromatic carbocycles. The van der Waals surface area contributed by atoms with Gasteiger partial charge in [-0.2, -0.15) is 0 Å². The molecule has 0 saturated heterocycles. The average Bonchev–Trinajstić information content (AvgIpc) is 2.74. The molecule has 7 nitrogen and oxygen atoms in total. The highest BCUT2D eigenvalue weighted by molar-refractivity contribution is 7.20. The van der Waals surface area contributed by atoms with Gasteiger partial charge < -0.3 is 16.8 Å². The lowest BCUT2D eigenvalue weighted by Crippen LogP contribution is -2.26. The van der Waals surface area contributed by atoms with Crippen molar-refractivity contribution >= 4 is 33.4 Å². The molecule has 2 rings (SSSR count). The Bertz CT molecular complexity index is 719. The molecule has 0 spiro atoms. The van der Waals surface area contributed by atoms with Gasteiger partial charge in [-0.25, -0.2) is 4.98 Å². The standard InChI is InChI=1S/C12H17N5O2S/c1-3-17-11(19)7-6(2)8(9(14)18)20-10(7)16-12(17)15-5-4-13/h3-5,13H2,1-2H3,(H2,14,18)(H,15,16). The third-order valence-electron chi connectivity index (χ3n) is 3.02. The number of thiophene rings is 1. The Morgan fingerprint density at radius 1 is 1.50 bits per heavy atom. The van der Waals surface area contributed by atoms with Gasteiger partial charge in [-0.05, 0) is 19.4 Å². The number of anilines is 1. The van der Waals surface area contributed by atoms with Gasteiger partial charge in [0.15, 0.2) is 0 Å². The summed E-state index contributed by atoms with van der Waals surface area (Å²) in [6.07, 6.45) is 0. The Morgan fingerprint density at radius 2 is 2.20 bits per heavy atom. The Labute approximate surface area is 119 Å². The quantitative estimate of drug-likeness (QED) is 0.731. The molecule has 0 aliphatic heterocycles. The third-order valence-corrected chi connectivity index (χ3v) is 4.22. The molecule has 5 N–H and O–H groups in total. The van der Waals surface area contributed by atoms with E-state index in [1.165, 1.54) is 4.57 Å². The Morgan fingerprint density at radius 3 is 2.75 bits per heavy atom. The molecule has 1 amide bonds. The van der Waals surface area contributed by atoms with Crippen molar-refractivity contribution in [3.05, 3.63) is 20.8 Å². The average molecular weight is 295 g/mol. The first kappa shape index (κ1) is 14.5. The first-order valence-corrected chi connectivity index (χ1v) is 7.10. The van der Waals surface area contributed by atoms with Crippen molar-refractivity contribution in [3.8, 4) is 0 Å². The lowest BCUT2D eigenvalue weighted by Gasteiger charge is -2.11. The van der Waals surface area contributed by atoms with Gasteiger partial charge in [0.1, 0.15) is 4.83 Å². The van der Waals surface area contributed by atoms with Crippen LogP contribution in [0.3, 0.4) is 0 Å². The molecule has 0 atom stereocenters. The van der Waals surface area contributed by atoms with E-state index in [1.54, 1.807) is 6.92 Å². The maximum absolute atomic E-state index is 12.5. The van der Waals surface area contributed by atoms with Crippen LogP contribution in [0, 0.1) is 6.92 Å². The van der Waals surface area contributed by atoms with Crippen LogP contribution >= 0.6 is 11.3 Å². The van der Waals surface area contributed by atoms with Crippen LogP contribution in [0.5, 0.6) is 0 Å². The molecule has 2 heterocycles. The number of rotatable bonds is 5. The van der Waals surface area contributed by atoms with Crippen LogP contribution in [0.25, 0.3) is 10.2 Å². The number of nitrogens with zero attached hydrogens (tertiary/aromatic N) is 2. The summed E-state index contributed by atoms with van der Waals surface area (Å²) >= 11 is 1.14. The largest absolute Gasteiger partial charge is 0.365 e. The second kappa shape index (κ2) is 5.59. The molecule has 0 unspecified atom stereocenters. The molecule has 20 heavy (non-hydrogen) atoms. The maximum Gasteiger partial charge on any atom is 0.263 e. The third kappa shape index (κ3) is 2.27. The SMILES string of the molecule is CCn1c(NCCN)nc2sc(C(N)=O)c(C)c2c1=O. The van der Waals surface area contributed by atoms with Crippen LogP contribution in [-0.2, 0) is 6.54 Å². The normalized spacial score (nSPS) is 10.9. The molecular weight excluding hydrogens is 278 g/mol. The molecule has 8 heteroatoms. The van der Waals surface area contributed by atoms with Crippen LogP contribution in [-0.4, -0.2) is 28.5 Å². The second-order valence-electron chi connectivity index (χ2n) is 4.30. The van der Waals surface area contributed by atoms with Gasteiger partial charge in [-0.1, -0.05) is 0 Å². The van der Waals surface area contributed by atoms with E-state index in [-0.39, 0.29) is 5.56 Å². The van der Waals surface area contributed by atoms with Gasteiger partial charge in [0.2, 0.25) is 5.95 Å². The van der Waals surface area contributed by atoms with Crippen molar-refractivity contribution in [3.63, 3.8) is 0 Å². The van der Waals surface area contributed by atoms with E-state index in [4.69, 9.17) is 11.5 Å². The molecule has 0 bridgehead atoms. The lowest BCUT2D eigenvalue weighted by molar-refractivity contribution is 0.100. The van der Waals surface area contributed by atoms with Crippen molar-refractivity contribution in [1.29, 1.82) is 0 Å². The van der Waals surface area contributed by atoms with Gasteiger partial charge in [-0.3, -0.25) is 14.2 Å². The number of aromatic nitrogens is 2. The summed E-state index contributed by atoms with van der Waals surface area (Å²) in [6.45, 7) is 5.02. The van der Waals surface area contributed by atoms with E-state index in [0.717, 1.165) is 11.3 Å². The molecule has 0 radical (unpaired) electrons. The van der Waals surface area contributed by atoms with Crippen LogP contribution in [0.2, 0.25) is 0 Å². The number of nitrogens with two attached hydrogens (primary N) is 2. The number of nitrogens with one attached hydrogen (secondary N) is 1. The smallest absolute Gasteiger partial charge is 0.263 e. The van der Waals surface area contributed by atoms with Gasteiger partial charge in [0.05, 0.1) is 10.3 Å². The molecular formula is C12H17N5O2S. The highest BCUT2D eigenvalue weighted by Crippen LogP contribution is 2.27. The zero-order valence-electron chi connectivity index (χ0n) is 11.4. The lowest BCUT2D eigenvalue weighted by atomic mass is 10.2. The fourth-order valence-corrected chi connectivity index (χ4v) is 3.09. The predicted molar refractivity (Wildman–Crippen MR) is 80.4 cm³/mol. The molecule has 0 saturated carbocycles. The minimum Gasteiger partial charge on any atom is -0.365 e. The van der Waals surface area contributed by atoms with Crippen LogP contribution < -0.4 is 22.3 Å². The first-order valence-electron chi connectivity index (χ1n) is 6.28. The minimum atomic E-state index is -0.538. The molecule has 0 aliphatic rings. The Kier molecular flexibility index (Phi) is 4.05. The highest BCUT2D eigenvalue weighted by atomic mass is 32.1. The van der Waals surface area contributed by atoms with Gasteiger partial charge >= 0.3 is 0 Å². The van der Waals surface area contributed by atoms with Crippen LogP contribution in [0.15, 0.2) is 4.79 Å². The fourth-order valence-electron chi connectivity index (χ4n) is 2.06. The zero-order valence-corrected chi connectivity index (χ0v) is 12.2. The number of fused-ring (bicyclic) bond motifs is 1. The molecule has 2 aromatic heterocycles. The van der Waals surface area contributed by atoms with Crippen molar-refractivity contribution in [1.82, 2.24) is 9.55 Å². The van der Waals surface area contributed by atoms with Crippen LogP contribution in [0.1, 0.15) is 22.2 Å². The number of aryl methyl sites for hydroxylation is 1. The molecule has 2 aromatic rings. The predicted octanol–water partition coefficient (Wildman–Crippen LogP) is 0.256. The summed E-state index contributed by atoms with van der Waals surface area (Å²) in [6, 6.07) is 0. The summed E-state index contributed by atoms with van der Waals surface area (Å²) in [5, 5.41) is 3.48. The van der Waals surface area contributed by atoms with E-state index in [1.807, 2.05) is 6.92 Å². The summed E-state index contributed by atoms with van der Waals surface area (Å²) in [5.41, 5.74) is 11.2. The maximum atomic E-state index is 12.5. The van der Waals surface area contributed by atoms with Crippen molar-refractivity contribution in [2.24, 2.45) is 11.5 Å². The van der Waals surface area contributed by atoms with E-state index >= 15 is 0 Å². The van der Waals surface area contributed by atoms with E-state index in [2.05, 4.69) is 10.3 Å². The molecule has 0 fully saturated rings. The number of amides is 1.